The fraction of sp³-hybridized carbons (Fsp3) is 0.364. The molecule has 1 aliphatic rings. The maximum atomic E-state index is 12.7. The van der Waals surface area contributed by atoms with Crippen LogP contribution in [0, 0.1) is 0 Å². The molecule has 3 heterocycles. The molecule has 0 aliphatic carbocycles. The summed E-state index contributed by atoms with van der Waals surface area (Å²) in [5, 5.41) is 8.85. The van der Waals surface area contributed by atoms with Gasteiger partial charge in [-0.05, 0) is 55.0 Å². The second kappa shape index (κ2) is 9.74. The van der Waals surface area contributed by atoms with Crippen LogP contribution in [-0.2, 0) is 16.0 Å². The van der Waals surface area contributed by atoms with Crippen molar-refractivity contribution in [2.45, 2.75) is 38.1 Å². The Labute approximate surface area is 184 Å². The van der Waals surface area contributed by atoms with Gasteiger partial charge in [0.25, 0.3) is 0 Å². The van der Waals surface area contributed by atoms with Crippen LogP contribution >= 0.6 is 11.3 Å². The molecule has 1 aliphatic heterocycles. The second-order valence-electron chi connectivity index (χ2n) is 7.31. The minimum Gasteiger partial charge on any atom is -0.497 e. The van der Waals surface area contributed by atoms with Crippen LogP contribution in [0.3, 0.4) is 0 Å². The SMILES string of the molecule is COc1ccc(NC(=O)C2CCCN2C(=O)CCCc2nc(-c3cccs3)no2)cc1. The lowest BCUT2D eigenvalue weighted by Gasteiger charge is -2.24. The van der Waals surface area contributed by atoms with Crippen LogP contribution in [0.4, 0.5) is 5.69 Å². The van der Waals surface area contributed by atoms with E-state index in [4.69, 9.17) is 9.26 Å². The van der Waals surface area contributed by atoms with Gasteiger partial charge in [0.05, 0.1) is 12.0 Å². The molecule has 0 saturated carbocycles. The van der Waals surface area contributed by atoms with Gasteiger partial charge >= 0.3 is 0 Å². The lowest BCUT2D eigenvalue weighted by atomic mass is 10.1. The summed E-state index contributed by atoms with van der Waals surface area (Å²) in [6.07, 6.45) is 2.94. The lowest BCUT2D eigenvalue weighted by Crippen LogP contribution is -2.43. The Balaban J connectivity index is 1.27. The molecular formula is C22H24N4O4S. The number of carbonyl (C=O) groups excluding carboxylic acids is 2. The zero-order valence-electron chi connectivity index (χ0n) is 17.2. The molecule has 1 aromatic carbocycles. The van der Waals surface area contributed by atoms with Gasteiger partial charge < -0.3 is 19.5 Å². The van der Waals surface area contributed by atoms with Crippen LogP contribution in [0.15, 0.2) is 46.3 Å². The number of methoxy groups -OCH3 is 1. The van der Waals surface area contributed by atoms with Crippen molar-refractivity contribution in [3.8, 4) is 16.5 Å². The van der Waals surface area contributed by atoms with Crippen LogP contribution in [-0.4, -0.2) is 46.6 Å². The Morgan fingerprint density at radius 1 is 1.29 bits per heavy atom. The standard InChI is InChI=1S/C22H24N4O4S/c1-29-16-11-9-15(10-12-16)23-22(28)17-5-3-13-26(17)20(27)8-2-7-19-24-21(25-30-19)18-6-4-14-31-18/h4,6,9-12,14,17H,2-3,5,7-8,13H2,1H3,(H,23,28). The topological polar surface area (TPSA) is 97.6 Å². The molecule has 0 radical (unpaired) electrons. The number of nitrogens with zero attached hydrogens (tertiary/aromatic N) is 3. The Hall–Kier alpha value is -3.20. The summed E-state index contributed by atoms with van der Waals surface area (Å²) in [6.45, 7) is 0.600. The number of thiophene rings is 1. The molecule has 1 unspecified atom stereocenters. The van der Waals surface area contributed by atoms with Gasteiger partial charge in [-0.2, -0.15) is 4.98 Å². The molecule has 0 spiro atoms. The third kappa shape index (κ3) is 5.11. The molecular weight excluding hydrogens is 416 g/mol. The Morgan fingerprint density at radius 2 is 2.13 bits per heavy atom. The highest BCUT2D eigenvalue weighted by molar-refractivity contribution is 7.13. The summed E-state index contributed by atoms with van der Waals surface area (Å²) in [4.78, 5) is 32.5. The Bertz CT molecular complexity index is 1020. The van der Waals surface area contributed by atoms with Crippen LogP contribution < -0.4 is 10.1 Å². The number of aromatic nitrogens is 2. The predicted octanol–water partition coefficient (Wildman–Crippen LogP) is 3.76. The van der Waals surface area contributed by atoms with E-state index < -0.39 is 6.04 Å². The molecule has 31 heavy (non-hydrogen) atoms. The lowest BCUT2D eigenvalue weighted by molar-refractivity contribution is -0.136. The van der Waals surface area contributed by atoms with E-state index in [0.717, 1.165) is 17.0 Å². The molecule has 2 amide bonds. The minimum atomic E-state index is -0.441. The molecule has 2 aromatic heterocycles. The minimum absolute atomic E-state index is 0.0228. The average molecular weight is 441 g/mol. The van der Waals surface area contributed by atoms with E-state index in [1.54, 1.807) is 47.6 Å². The Kier molecular flexibility index (Phi) is 6.61. The zero-order chi connectivity index (χ0) is 21.6. The monoisotopic (exact) mass is 440 g/mol. The molecule has 1 fully saturated rings. The van der Waals surface area contributed by atoms with Crippen molar-refractivity contribution in [2.75, 3.05) is 19.0 Å². The van der Waals surface area contributed by atoms with E-state index in [0.29, 0.717) is 49.6 Å². The van der Waals surface area contributed by atoms with E-state index in [9.17, 15) is 9.59 Å². The fourth-order valence-electron chi connectivity index (χ4n) is 3.63. The van der Waals surface area contributed by atoms with Gasteiger partial charge in [-0.15, -0.1) is 11.3 Å². The molecule has 4 rings (SSSR count). The largest absolute Gasteiger partial charge is 0.497 e. The van der Waals surface area contributed by atoms with Crippen molar-refractivity contribution in [3.05, 3.63) is 47.7 Å². The number of ether oxygens (including phenoxy) is 1. The molecule has 162 valence electrons. The first-order chi connectivity index (χ1) is 15.1. The number of hydrogen-bond donors (Lipinski definition) is 1. The molecule has 3 aromatic rings. The van der Waals surface area contributed by atoms with E-state index in [1.165, 1.54) is 0 Å². The first kappa shape index (κ1) is 21.0. The van der Waals surface area contributed by atoms with Crippen LogP contribution in [0.5, 0.6) is 5.75 Å². The fourth-order valence-corrected chi connectivity index (χ4v) is 4.28. The van der Waals surface area contributed by atoms with Crippen molar-refractivity contribution < 1.29 is 18.8 Å². The number of hydrogen-bond acceptors (Lipinski definition) is 7. The quantitative estimate of drug-likeness (QED) is 0.573. The maximum Gasteiger partial charge on any atom is 0.247 e. The molecule has 8 nitrogen and oxygen atoms in total. The van der Waals surface area contributed by atoms with Crippen LogP contribution in [0.1, 0.15) is 31.6 Å². The first-order valence-electron chi connectivity index (χ1n) is 10.2. The number of anilines is 1. The van der Waals surface area contributed by atoms with Crippen molar-refractivity contribution in [2.24, 2.45) is 0 Å². The Morgan fingerprint density at radius 3 is 2.87 bits per heavy atom. The van der Waals surface area contributed by atoms with Crippen LogP contribution in [0.25, 0.3) is 10.7 Å². The number of amides is 2. The van der Waals surface area contributed by atoms with Gasteiger partial charge in [-0.25, -0.2) is 0 Å². The molecule has 0 bridgehead atoms. The normalized spacial score (nSPS) is 15.8. The molecule has 1 saturated heterocycles. The first-order valence-corrected chi connectivity index (χ1v) is 11.1. The zero-order valence-corrected chi connectivity index (χ0v) is 18.1. The summed E-state index contributed by atoms with van der Waals surface area (Å²) >= 11 is 1.55. The van der Waals surface area contributed by atoms with Gasteiger partial charge in [0.2, 0.25) is 23.5 Å². The third-order valence-electron chi connectivity index (χ3n) is 5.22. The summed E-state index contributed by atoms with van der Waals surface area (Å²) < 4.78 is 10.4. The van der Waals surface area contributed by atoms with E-state index in [1.807, 2.05) is 17.5 Å². The number of likely N-dealkylation sites (tertiary alicyclic amines) is 1. The maximum absolute atomic E-state index is 12.7. The smallest absolute Gasteiger partial charge is 0.247 e. The highest BCUT2D eigenvalue weighted by Crippen LogP contribution is 2.23. The van der Waals surface area contributed by atoms with Gasteiger partial charge in [0.1, 0.15) is 11.8 Å². The van der Waals surface area contributed by atoms with Crippen molar-refractivity contribution in [1.29, 1.82) is 0 Å². The van der Waals surface area contributed by atoms with Crippen molar-refractivity contribution >= 4 is 28.8 Å². The summed E-state index contributed by atoms with van der Waals surface area (Å²) in [7, 11) is 1.59. The van der Waals surface area contributed by atoms with Crippen molar-refractivity contribution in [1.82, 2.24) is 15.0 Å². The summed E-state index contributed by atoms with van der Waals surface area (Å²) in [6, 6.07) is 10.6. The number of benzene rings is 1. The van der Waals surface area contributed by atoms with Gasteiger partial charge in [-0.3, -0.25) is 9.59 Å². The van der Waals surface area contributed by atoms with E-state index >= 15 is 0 Å². The molecule has 1 N–H and O–H groups in total. The summed E-state index contributed by atoms with van der Waals surface area (Å²) in [5.41, 5.74) is 0.683. The van der Waals surface area contributed by atoms with Crippen LogP contribution in [0.2, 0.25) is 0 Å². The van der Waals surface area contributed by atoms with Gasteiger partial charge in [0, 0.05) is 25.1 Å². The molecule has 9 heteroatoms. The number of rotatable bonds is 8. The molecule has 1 atom stereocenters. The van der Waals surface area contributed by atoms with E-state index in [2.05, 4.69) is 15.5 Å². The van der Waals surface area contributed by atoms with Gasteiger partial charge in [-0.1, -0.05) is 11.2 Å². The van der Waals surface area contributed by atoms with Crippen molar-refractivity contribution in [3.63, 3.8) is 0 Å². The second-order valence-corrected chi connectivity index (χ2v) is 8.25. The number of aryl methyl sites for hydroxylation is 1. The highest BCUT2D eigenvalue weighted by Gasteiger charge is 2.33. The number of nitrogens with one attached hydrogen (secondary N) is 1. The number of carbonyl (C=O) groups is 2. The van der Waals surface area contributed by atoms with Gasteiger partial charge in [0.15, 0.2) is 0 Å². The average Bonchev–Trinajstić information content (AvgIpc) is 3.55. The predicted molar refractivity (Wildman–Crippen MR) is 117 cm³/mol. The summed E-state index contributed by atoms with van der Waals surface area (Å²) in [5.74, 6) is 1.64. The highest BCUT2D eigenvalue weighted by atomic mass is 32.1. The third-order valence-corrected chi connectivity index (χ3v) is 6.09. The van der Waals surface area contributed by atoms with E-state index in [-0.39, 0.29) is 11.8 Å².